The van der Waals surface area contributed by atoms with Gasteiger partial charge >= 0.3 is 0 Å². The highest BCUT2D eigenvalue weighted by Gasteiger charge is 2.29. The van der Waals surface area contributed by atoms with Crippen LogP contribution in [0.15, 0.2) is 167 Å². The highest BCUT2D eigenvalue weighted by molar-refractivity contribution is 7.90. The number of anilines is 7. The second kappa shape index (κ2) is 26.8. The fraction of sp³-hybridized carbons (Fsp3) is 0.164. The minimum Gasteiger partial charge on any atom is -0.379 e. The van der Waals surface area contributed by atoms with Gasteiger partial charge in [-0.25, -0.2) is 8.42 Å². The van der Waals surface area contributed by atoms with Crippen molar-refractivity contribution in [3.63, 3.8) is 0 Å². The van der Waals surface area contributed by atoms with Crippen LogP contribution in [0.2, 0.25) is 0 Å². The summed E-state index contributed by atoms with van der Waals surface area (Å²) >= 11 is 0. The number of ether oxygens (including phenoxy) is 1. The van der Waals surface area contributed by atoms with Crippen molar-refractivity contribution >= 4 is 132 Å². The summed E-state index contributed by atoms with van der Waals surface area (Å²) in [6.07, 6.45) is 11.5. The number of nitrogens with zero attached hydrogens (tertiary/aromatic N) is 13. The van der Waals surface area contributed by atoms with Crippen molar-refractivity contribution in [1.29, 1.82) is 0 Å². The van der Waals surface area contributed by atoms with E-state index in [2.05, 4.69) is 89.5 Å². The Kier molecular flexibility index (Phi) is 17.8. The molecule has 2 atom stereocenters. The zero-order valence-electron chi connectivity index (χ0n) is 49.3. The van der Waals surface area contributed by atoms with Gasteiger partial charge in [0, 0.05) is 76.1 Å². The predicted octanol–water partition coefficient (Wildman–Crippen LogP) is 4.48. The molecule has 6 aromatic heterocycles. The monoisotopic (exact) mass is 1290 g/mol. The van der Waals surface area contributed by atoms with Gasteiger partial charge in [0.25, 0.3) is 22.9 Å². The molecule has 4 saturated heterocycles. The quantitative estimate of drug-likeness (QED) is 0.0549. The van der Waals surface area contributed by atoms with Gasteiger partial charge in [0.1, 0.15) is 6.17 Å². The van der Waals surface area contributed by atoms with Gasteiger partial charge in [0.2, 0.25) is 56.5 Å². The van der Waals surface area contributed by atoms with Crippen molar-refractivity contribution in [3.05, 3.63) is 179 Å². The van der Waals surface area contributed by atoms with E-state index in [4.69, 9.17) is 14.7 Å². The van der Waals surface area contributed by atoms with Crippen LogP contribution >= 0.6 is 0 Å². The van der Waals surface area contributed by atoms with Crippen molar-refractivity contribution in [2.75, 3.05) is 60.1 Å². The minimum absolute atomic E-state index is 0.00292. The third kappa shape index (κ3) is 14.4. The van der Waals surface area contributed by atoms with Crippen molar-refractivity contribution in [1.82, 2.24) is 79.6 Å². The van der Waals surface area contributed by atoms with Gasteiger partial charge in [0.05, 0.1) is 61.9 Å². The van der Waals surface area contributed by atoms with E-state index in [9.17, 15) is 41.4 Å². The second-order valence-electron chi connectivity index (χ2n) is 21.0. The fourth-order valence-corrected chi connectivity index (χ4v) is 10.8. The summed E-state index contributed by atoms with van der Waals surface area (Å²) in [6.45, 7) is 2.81. The Bertz CT molecular complexity index is 4830. The first kappa shape index (κ1) is 61.6. The summed E-state index contributed by atoms with van der Waals surface area (Å²) in [5.41, 5.74) is 6.90. The van der Waals surface area contributed by atoms with E-state index in [1.807, 2.05) is 97.1 Å². The number of nitrogens with one attached hydrogen (secondary N) is 7. The van der Waals surface area contributed by atoms with Crippen LogP contribution in [0.25, 0.3) is 35.2 Å². The molecule has 30 nitrogen and oxygen atoms in total. The average Bonchev–Trinajstić information content (AvgIpc) is 1.73. The number of imide groups is 3. The first-order valence-electron chi connectivity index (χ1n) is 28.5. The van der Waals surface area contributed by atoms with Crippen LogP contribution in [0.1, 0.15) is 47.7 Å². The Balaban J connectivity index is 0.000000137. The Labute approximate surface area is 530 Å². The minimum atomic E-state index is -3.71. The lowest BCUT2D eigenvalue weighted by molar-refractivity contribution is -0.125. The largest absolute Gasteiger partial charge is 0.379 e. The number of amides is 6. The van der Waals surface area contributed by atoms with Crippen LogP contribution in [-0.4, -0.2) is 151 Å². The molecule has 14 rings (SSSR count). The summed E-state index contributed by atoms with van der Waals surface area (Å²) in [4.78, 5) is 99.0. The maximum absolute atomic E-state index is 12.2. The van der Waals surface area contributed by atoms with Gasteiger partial charge in [-0.2, -0.15) is 58.7 Å². The molecule has 4 aliphatic heterocycles. The van der Waals surface area contributed by atoms with Crippen LogP contribution in [0.4, 0.5) is 40.9 Å². The number of carbonyl (C=O) groups is 6. The molecule has 0 saturated carbocycles. The summed E-state index contributed by atoms with van der Waals surface area (Å²) in [5.74, 6) is -1.07. The smallest absolute Gasteiger partial charge is 0.254 e. The molecular formula is C61H54N20O10S2. The van der Waals surface area contributed by atoms with Crippen LogP contribution in [0, 0.1) is 0 Å². The molecule has 0 spiro atoms. The van der Waals surface area contributed by atoms with E-state index < -0.39 is 44.3 Å². The van der Waals surface area contributed by atoms with Crippen molar-refractivity contribution in [2.45, 2.75) is 35.7 Å². The van der Waals surface area contributed by atoms with Gasteiger partial charge in [-0.05, 0) is 60.2 Å². The summed E-state index contributed by atoms with van der Waals surface area (Å²) in [7, 11) is -5.13. The van der Waals surface area contributed by atoms with Gasteiger partial charge < -0.3 is 26.0 Å². The first-order valence-corrected chi connectivity index (χ1v) is 32.0. The normalized spacial score (nSPS) is 17.0. The third-order valence-corrected chi connectivity index (χ3v) is 15.8. The predicted molar refractivity (Wildman–Crippen MR) is 339 cm³/mol. The zero-order valence-corrected chi connectivity index (χ0v) is 50.9. The molecule has 6 amide bonds. The highest BCUT2D eigenvalue weighted by atomic mass is 32.2. The molecule has 0 aliphatic carbocycles. The van der Waals surface area contributed by atoms with E-state index in [1.54, 1.807) is 35.0 Å². The van der Waals surface area contributed by atoms with Crippen LogP contribution in [0.3, 0.4) is 0 Å². The standard InChI is InChI=1S/C27H26N8O3.C17H14N6O4S.C17H14N6O3S/c36-22-16-19(25(37)30-22)15-20-17-28-35-24(20)32-26(33-27(35)29-21-9-5-2-6-10-21)31-23(18-7-3-1-4-8-18)34-11-13-38-14-12-34;1-28(26,27)17-21-14-11(7-10-8-13(24)20-15(10)25)9-18-23(14)16(22-17)19-12-5-3-2-4-6-12;1-27(26)17-21-14-11(7-10-8-13(24)20-15(10)25)9-18-23(14)16(22-17)19-12-5-3-2-4-6-12/h1-10,15,17,23H,11-14,16H2,(H,30,36,37)(H2,29,31,32,33);2-7,9H,8H2,1H3,(H,19,21,22)(H,20,24,25);2-7,9H,8H2,1H3,(H,19,21,22)(H,20,24,25)/b19-15+;2*10-7+. The van der Waals surface area contributed by atoms with Crippen molar-refractivity contribution in [3.8, 4) is 0 Å². The molecule has 32 heteroatoms. The fourth-order valence-electron chi connectivity index (χ4n) is 9.91. The number of aromatic nitrogens is 12. The Hall–Kier alpha value is -11.6. The number of fused-ring (bicyclic) bond motifs is 3. The topological polar surface area (TPSA) is 380 Å². The number of morpholine rings is 1. The van der Waals surface area contributed by atoms with Gasteiger partial charge in [-0.1, -0.05) is 84.9 Å². The Morgan fingerprint density at radius 2 is 0.903 bits per heavy atom. The van der Waals surface area contributed by atoms with E-state index >= 15 is 0 Å². The Morgan fingerprint density at radius 3 is 1.30 bits per heavy atom. The van der Waals surface area contributed by atoms with Crippen LogP contribution in [0.5, 0.6) is 0 Å². The molecule has 470 valence electrons. The zero-order chi connectivity index (χ0) is 64.8. The highest BCUT2D eigenvalue weighted by Crippen LogP contribution is 2.29. The molecule has 93 heavy (non-hydrogen) atoms. The molecule has 10 aromatic rings. The Morgan fingerprint density at radius 1 is 0.516 bits per heavy atom. The van der Waals surface area contributed by atoms with Gasteiger partial charge in [-0.3, -0.25) is 53.8 Å². The molecule has 0 radical (unpaired) electrons. The van der Waals surface area contributed by atoms with Crippen LogP contribution < -0.4 is 37.2 Å². The lowest BCUT2D eigenvalue weighted by Crippen LogP contribution is -2.42. The van der Waals surface area contributed by atoms with E-state index in [0.29, 0.717) is 75.9 Å². The lowest BCUT2D eigenvalue weighted by Gasteiger charge is -2.35. The summed E-state index contributed by atoms with van der Waals surface area (Å²) in [6, 6.07) is 38.2. The average molecular weight is 1290 g/mol. The molecule has 0 bridgehead atoms. The third-order valence-electron chi connectivity index (χ3n) is 14.3. The van der Waals surface area contributed by atoms with E-state index in [1.165, 1.54) is 33.8 Å². The number of benzene rings is 4. The number of sulfone groups is 1. The van der Waals surface area contributed by atoms with E-state index in [-0.39, 0.29) is 64.7 Å². The molecule has 4 aliphatic rings. The van der Waals surface area contributed by atoms with Crippen LogP contribution in [-0.2, 0) is 54.1 Å². The molecular weight excluding hydrogens is 1240 g/mol. The molecule has 2 unspecified atom stereocenters. The number of rotatable bonds is 15. The number of carbonyl (C=O) groups excluding carboxylic acids is 6. The maximum atomic E-state index is 12.2. The second-order valence-corrected chi connectivity index (χ2v) is 24.2. The SMILES string of the molecule is CS(=O)(=O)c1nc(Nc2ccccc2)n2ncc(/C=C3\CC(=O)NC3=O)c2n1.CS(=O)c1nc(Nc2ccccc2)n2ncc(/C=C3\CC(=O)NC3=O)c2n1.O=C1C/C(=C\c2cnn3c(Nc4ccccc4)nc(NC(c4ccccc4)N4CCOCC4)nc23)C(=O)N1. The number of hydrogen-bond acceptors (Lipinski definition) is 24. The van der Waals surface area contributed by atoms with Crippen molar-refractivity contribution in [2.24, 2.45) is 0 Å². The van der Waals surface area contributed by atoms with Gasteiger partial charge in [0.15, 0.2) is 16.9 Å². The molecule has 10 heterocycles. The first-order chi connectivity index (χ1) is 45.0. The molecule has 4 aromatic carbocycles. The number of para-hydroxylation sites is 3. The van der Waals surface area contributed by atoms with E-state index in [0.717, 1.165) is 36.3 Å². The molecule has 4 fully saturated rings. The summed E-state index contributed by atoms with van der Waals surface area (Å²) in [5, 5.41) is 32.4. The summed E-state index contributed by atoms with van der Waals surface area (Å²) < 4.78 is 46.0. The molecule has 7 N–H and O–H groups in total. The van der Waals surface area contributed by atoms with Gasteiger partial charge in [-0.15, -0.1) is 0 Å². The van der Waals surface area contributed by atoms with Crippen molar-refractivity contribution < 1.29 is 46.1 Å². The lowest BCUT2D eigenvalue weighted by atomic mass is 10.1. The maximum Gasteiger partial charge on any atom is 0.254 e. The number of hydrogen-bond donors (Lipinski definition) is 7.